The average Bonchev–Trinajstić information content (AvgIpc) is 2.94. The summed E-state index contributed by atoms with van der Waals surface area (Å²) in [6.45, 7) is 2.20. The molecule has 9 nitrogen and oxygen atoms in total. The zero-order valence-corrected chi connectivity index (χ0v) is 24.8. The Bertz CT molecular complexity index is 1470. The molecule has 226 valence electrons. The van der Waals surface area contributed by atoms with Crippen LogP contribution in [-0.4, -0.2) is 41.2 Å². The third-order valence-corrected chi connectivity index (χ3v) is 8.26. The number of phenolic OH excluding ortho intramolecular Hbond substituents is 3. The van der Waals surface area contributed by atoms with Crippen molar-refractivity contribution < 1.29 is 33.3 Å². The summed E-state index contributed by atoms with van der Waals surface area (Å²) in [5.74, 6) is -2.30. The van der Waals surface area contributed by atoms with E-state index in [0.29, 0.717) is 6.42 Å². The first kappa shape index (κ1) is 32.5. The van der Waals surface area contributed by atoms with Gasteiger partial charge < -0.3 is 20.6 Å². The lowest BCUT2D eigenvalue weighted by atomic mass is 10.0. The first-order chi connectivity index (χ1) is 20.1. The predicted molar refractivity (Wildman–Crippen MR) is 165 cm³/mol. The van der Waals surface area contributed by atoms with Gasteiger partial charge in [-0.3, -0.25) is 14.3 Å². The highest BCUT2D eigenvalue weighted by Crippen LogP contribution is 2.30. The molecule has 3 aromatic rings. The number of sulfonamides is 1. The third-order valence-electron chi connectivity index (χ3n) is 6.89. The number of hydrogen-bond donors (Lipinski definition) is 5. The molecule has 0 saturated carbocycles. The number of nitrogens with one attached hydrogen (secondary N) is 2. The predicted octanol–water partition coefficient (Wildman–Crippen LogP) is 6.95. The number of unbranched alkanes of at least 4 members (excludes halogenated alkanes) is 9. The molecule has 0 fully saturated rings. The van der Waals surface area contributed by atoms with Gasteiger partial charge in [0, 0.05) is 23.0 Å². The molecule has 0 heterocycles. The van der Waals surface area contributed by atoms with E-state index in [-0.39, 0.29) is 45.3 Å². The first-order valence-corrected chi connectivity index (χ1v) is 16.1. The van der Waals surface area contributed by atoms with Crippen molar-refractivity contribution >= 4 is 33.1 Å². The van der Waals surface area contributed by atoms with E-state index < -0.39 is 27.5 Å². The minimum Gasteiger partial charge on any atom is -0.508 e. The fourth-order valence-corrected chi connectivity index (χ4v) is 5.76. The molecular weight excluding hydrogens is 556 g/mol. The van der Waals surface area contributed by atoms with Gasteiger partial charge in [-0.2, -0.15) is 0 Å². The Morgan fingerprint density at radius 2 is 1.36 bits per heavy atom. The van der Waals surface area contributed by atoms with E-state index in [0.717, 1.165) is 25.3 Å². The van der Waals surface area contributed by atoms with Gasteiger partial charge in [0.15, 0.2) is 0 Å². The number of aromatic hydroxyl groups is 3. The van der Waals surface area contributed by atoms with E-state index in [1.807, 2.05) is 0 Å². The molecule has 0 aliphatic carbocycles. The van der Waals surface area contributed by atoms with Gasteiger partial charge in [-0.05, 0) is 55.0 Å². The van der Waals surface area contributed by atoms with E-state index in [9.17, 15) is 33.3 Å². The van der Waals surface area contributed by atoms with Crippen molar-refractivity contribution in [1.29, 1.82) is 0 Å². The van der Waals surface area contributed by atoms with Gasteiger partial charge in [0.25, 0.3) is 5.91 Å². The van der Waals surface area contributed by atoms with Crippen LogP contribution in [0.4, 0.5) is 11.4 Å². The molecule has 0 atom stereocenters. The SMILES string of the molecule is CCCCCCCCCCCCS(=O)(=O)Nc1cccc(C(=O)Nc2ccc(O)c(C(=O)c3ccc(O)cc3O)c2)c1. The molecule has 0 bridgehead atoms. The van der Waals surface area contributed by atoms with Gasteiger partial charge in [0.05, 0.1) is 16.9 Å². The molecule has 0 saturated heterocycles. The summed E-state index contributed by atoms with van der Waals surface area (Å²) >= 11 is 0. The Hall–Kier alpha value is -4.05. The fourth-order valence-electron chi connectivity index (χ4n) is 4.59. The number of rotatable bonds is 17. The van der Waals surface area contributed by atoms with E-state index >= 15 is 0 Å². The van der Waals surface area contributed by atoms with Crippen molar-refractivity contribution in [1.82, 2.24) is 0 Å². The monoisotopic (exact) mass is 596 g/mol. The number of anilines is 2. The van der Waals surface area contributed by atoms with Crippen molar-refractivity contribution in [2.24, 2.45) is 0 Å². The van der Waals surface area contributed by atoms with Gasteiger partial charge in [-0.15, -0.1) is 0 Å². The summed E-state index contributed by atoms with van der Waals surface area (Å²) in [6.07, 6.45) is 11.1. The number of hydrogen-bond acceptors (Lipinski definition) is 7. The second-order valence-electron chi connectivity index (χ2n) is 10.4. The lowest BCUT2D eigenvalue weighted by Gasteiger charge is -2.11. The highest BCUT2D eigenvalue weighted by molar-refractivity contribution is 7.92. The fraction of sp³-hybridized carbons (Fsp3) is 0.375. The lowest BCUT2D eigenvalue weighted by molar-refractivity contribution is 0.101. The lowest BCUT2D eigenvalue weighted by Crippen LogP contribution is -2.17. The second kappa shape index (κ2) is 15.8. The summed E-state index contributed by atoms with van der Waals surface area (Å²) in [7, 11) is -3.58. The number of carbonyl (C=O) groups excluding carboxylic acids is 2. The second-order valence-corrected chi connectivity index (χ2v) is 12.2. The van der Waals surface area contributed by atoms with Crippen molar-refractivity contribution in [3.8, 4) is 17.2 Å². The molecule has 0 aromatic heterocycles. The van der Waals surface area contributed by atoms with E-state index in [1.165, 1.54) is 81.0 Å². The van der Waals surface area contributed by atoms with Crippen molar-refractivity contribution in [3.05, 3.63) is 77.4 Å². The summed E-state index contributed by atoms with van der Waals surface area (Å²) in [5.41, 5.74) is 0.350. The van der Waals surface area contributed by atoms with E-state index in [4.69, 9.17) is 0 Å². The maximum Gasteiger partial charge on any atom is 0.255 e. The van der Waals surface area contributed by atoms with Crippen LogP contribution in [0, 0.1) is 0 Å². The highest BCUT2D eigenvalue weighted by Gasteiger charge is 2.19. The summed E-state index contributed by atoms with van der Waals surface area (Å²) in [5, 5.41) is 32.4. The molecule has 0 aliphatic rings. The normalized spacial score (nSPS) is 11.3. The molecule has 5 N–H and O–H groups in total. The molecule has 3 rings (SSSR count). The van der Waals surface area contributed by atoms with Crippen LogP contribution in [0.15, 0.2) is 60.7 Å². The largest absolute Gasteiger partial charge is 0.508 e. The zero-order valence-electron chi connectivity index (χ0n) is 23.9. The molecule has 0 aliphatic heterocycles. The maximum atomic E-state index is 12.9. The number of amides is 1. The Labute approximate surface area is 247 Å². The van der Waals surface area contributed by atoms with Crippen LogP contribution in [0.2, 0.25) is 0 Å². The van der Waals surface area contributed by atoms with Gasteiger partial charge in [-0.25, -0.2) is 8.42 Å². The number of benzene rings is 3. The van der Waals surface area contributed by atoms with Crippen LogP contribution in [0.5, 0.6) is 17.2 Å². The molecule has 0 spiro atoms. The molecule has 1 amide bonds. The quantitative estimate of drug-likeness (QED) is 0.0642. The van der Waals surface area contributed by atoms with Crippen LogP contribution in [0.3, 0.4) is 0 Å². The van der Waals surface area contributed by atoms with Crippen LogP contribution in [0.25, 0.3) is 0 Å². The van der Waals surface area contributed by atoms with Crippen molar-refractivity contribution in [3.63, 3.8) is 0 Å². The summed E-state index contributed by atoms with van der Waals surface area (Å²) < 4.78 is 27.7. The van der Waals surface area contributed by atoms with Gasteiger partial charge in [-0.1, -0.05) is 70.8 Å². The molecule has 10 heteroatoms. The van der Waals surface area contributed by atoms with Crippen LogP contribution in [0.1, 0.15) is 97.4 Å². The van der Waals surface area contributed by atoms with Crippen LogP contribution >= 0.6 is 0 Å². The minimum absolute atomic E-state index is 0.000817. The zero-order chi connectivity index (χ0) is 30.5. The summed E-state index contributed by atoms with van der Waals surface area (Å²) in [6, 6.07) is 13.4. The topological polar surface area (TPSA) is 153 Å². The Kier molecular flexibility index (Phi) is 12.2. The molecule has 0 radical (unpaired) electrons. The Morgan fingerprint density at radius 3 is 2.02 bits per heavy atom. The molecule has 0 unspecified atom stereocenters. The number of carbonyl (C=O) groups is 2. The van der Waals surface area contributed by atoms with Gasteiger partial charge >= 0.3 is 0 Å². The average molecular weight is 597 g/mol. The summed E-state index contributed by atoms with van der Waals surface area (Å²) in [4.78, 5) is 25.8. The van der Waals surface area contributed by atoms with Crippen LogP contribution < -0.4 is 10.0 Å². The van der Waals surface area contributed by atoms with Crippen LogP contribution in [-0.2, 0) is 10.0 Å². The molecular formula is C32H40N2O7S. The number of ketones is 1. The Balaban J connectivity index is 1.54. The molecule has 3 aromatic carbocycles. The van der Waals surface area contributed by atoms with Crippen molar-refractivity contribution in [2.45, 2.75) is 71.1 Å². The van der Waals surface area contributed by atoms with Crippen molar-refractivity contribution in [2.75, 3.05) is 15.8 Å². The van der Waals surface area contributed by atoms with Gasteiger partial charge in [0.2, 0.25) is 15.8 Å². The minimum atomic E-state index is -3.58. The third kappa shape index (κ3) is 10.1. The standard InChI is InChI=1S/C32H40N2O7S/c1-2-3-4-5-6-7-8-9-10-11-19-42(40,41)34-25-14-12-13-23(20-25)32(39)33-24-15-18-29(36)28(21-24)31(38)27-17-16-26(35)22-30(27)37/h12-18,20-22,34-37H,2-11,19H2,1H3,(H,33,39). The number of phenols is 3. The van der Waals surface area contributed by atoms with E-state index in [2.05, 4.69) is 17.0 Å². The highest BCUT2D eigenvalue weighted by atomic mass is 32.2. The maximum absolute atomic E-state index is 12.9. The van der Waals surface area contributed by atoms with Gasteiger partial charge in [0.1, 0.15) is 17.2 Å². The molecule has 42 heavy (non-hydrogen) atoms. The Morgan fingerprint density at radius 1 is 0.690 bits per heavy atom. The van der Waals surface area contributed by atoms with E-state index in [1.54, 1.807) is 12.1 Å². The first-order valence-electron chi connectivity index (χ1n) is 14.4. The smallest absolute Gasteiger partial charge is 0.255 e.